The van der Waals surface area contributed by atoms with Crippen LogP contribution in [0.3, 0.4) is 0 Å². The summed E-state index contributed by atoms with van der Waals surface area (Å²) >= 11 is 0. The number of imidazole rings is 1. The molecule has 0 aliphatic heterocycles. The van der Waals surface area contributed by atoms with Crippen LogP contribution in [0.25, 0.3) is 11.0 Å². The highest BCUT2D eigenvalue weighted by Gasteiger charge is 2.11. The van der Waals surface area contributed by atoms with Crippen molar-refractivity contribution < 1.29 is 9.18 Å². The predicted octanol–water partition coefficient (Wildman–Crippen LogP) is 7.46. The summed E-state index contributed by atoms with van der Waals surface area (Å²) in [5, 5.41) is 2.93. The Labute approximate surface area is 204 Å². The Hall–Kier alpha value is -2.69. The molecule has 0 aliphatic rings. The molecule has 0 unspecified atom stereocenters. The van der Waals surface area contributed by atoms with Crippen LogP contribution in [0.2, 0.25) is 0 Å². The maximum absolute atomic E-state index is 13.0. The summed E-state index contributed by atoms with van der Waals surface area (Å²) in [6.07, 6.45) is 14.9. The molecule has 1 N–H and O–H groups in total. The van der Waals surface area contributed by atoms with Gasteiger partial charge in [0.25, 0.3) is 5.91 Å². The largest absolute Gasteiger partial charge is 0.352 e. The molecule has 0 spiro atoms. The summed E-state index contributed by atoms with van der Waals surface area (Å²) < 4.78 is 15.4. The second kappa shape index (κ2) is 14.5. The van der Waals surface area contributed by atoms with Gasteiger partial charge in [0.05, 0.1) is 11.0 Å². The van der Waals surface area contributed by atoms with Crippen molar-refractivity contribution in [3.63, 3.8) is 0 Å². The van der Waals surface area contributed by atoms with Crippen molar-refractivity contribution in [3.8, 4) is 0 Å². The number of aryl methyl sites for hydroxylation is 2. The van der Waals surface area contributed by atoms with Crippen LogP contribution in [0, 0.1) is 5.82 Å². The lowest BCUT2D eigenvalue weighted by atomic mass is 10.1. The molecule has 2 aromatic carbocycles. The fraction of sp³-hybridized carbons (Fsp3) is 0.517. The van der Waals surface area contributed by atoms with Crippen LogP contribution in [-0.4, -0.2) is 22.0 Å². The SMILES string of the molecule is CCCCCCCCCCCCn1c(CCCNC(=O)c2ccc(F)cc2)nc2ccccc21. The average molecular weight is 466 g/mol. The van der Waals surface area contributed by atoms with Crippen LogP contribution < -0.4 is 5.32 Å². The molecular formula is C29H40FN3O. The Morgan fingerprint density at radius 1 is 0.853 bits per heavy atom. The molecule has 0 atom stereocenters. The molecule has 5 heteroatoms. The van der Waals surface area contributed by atoms with Gasteiger partial charge in [-0.05, 0) is 49.2 Å². The van der Waals surface area contributed by atoms with Gasteiger partial charge in [0.2, 0.25) is 0 Å². The number of para-hydroxylation sites is 2. The van der Waals surface area contributed by atoms with E-state index in [0.717, 1.165) is 30.7 Å². The minimum Gasteiger partial charge on any atom is -0.352 e. The van der Waals surface area contributed by atoms with Gasteiger partial charge in [-0.15, -0.1) is 0 Å². The summed E-state index contributed by atoms with van der Waals surface area (Å²) in [6, 6.07) is 14.0. The average Bonchev–Trinajstić information content (AvgIpc) is 3.20. The second-order valence-electron chi connectivity index (χ2n) is 9.22. The lowest BCUT2D eigenvalue weighted by Crippen LogP contribution is -2.25. The topological polar surface area (TPSA) is 46.9 Å². The van der Waals surface area contributed by atoms with E-state index in [4.69, 9.17) is 4.98 Å². The van der Waals surface area contributed by atoms with Gasteiger partial charge in [-0.2, -0.15) is 0 Å². The Balaban J connectivity index is 1.42. The van der Waals surface area contributed by atoms with Crippen molar-refractivity contribution in [1.82, 2.24) is 14.9 Å². The molecule has 0 radical (unpaired) electrons. The highest BCUT2D eigenvalue weighted by molar-refractivity contribution is 5.94. The van der Waals surface area contributed by atoms with Crippen LogP contribution in [0.4, 0.5) is 4.39 Å². The van der Waals surface area contributed by atoms with E-state index in [-0.39, 0.29) is 11.7 Å². The number of nitrogens with one attached hydrogen (secondary N) is 1. The van der Waals surface area contributed by atoms with E-state index < -0.39 is 0 Å². The molecule has 0 saturated carbocycles. The Morgan fingerprint density at radius 3 is 2.21 bits per heavy atom. The van der Waals surface area contributed by atoms with Crippen molar-refractivity contribution in [2.45, 2.75) is 90.5 Å². The molecule has 3 rings (SSSR count). The molecule has 0 aliphatic carbocycles. The second-order valence-corrected chi connectivity index (χ2v) is 9.22. The van der Waals surface area contributed by atoms with Crippen molar-refractivity contribution >= 4 is 16.9 Å². The van der Waals surface area contributed by atoms with E-state index in [0.29, 0.717) is 12.1 Å². The quantitative estimate of drug-likeness (QED) is 0.223. The molecule has 3 aromatic rings. The van der Waals surface area contributed by atoms with Crippen LogP contribution in [0.1, 0.15) is 93.7 Å². The fourth-order valence-corrected chi connectivity index (χ4v) is 4.47. The number of amides is 1. The number of rotatable bonds is 16. The number of carbonyl (C=O) groups is 1. The molecule has 4 nitrogen and oxygen atoms in total. The van der Waals surface area contributed by atoms with Crippen molar-refractivity contribution in [1.29, 1.82) is 0 Å². The molecule has 184 valence electrons. The summed E-state index contributed by atoms with van der Waals surface area (Å²) in [5.41, 5.74) is 2.72. The summed E-state index contributed by atoms with van der Waals surface area (Å²) in [4.78, 5) is 17.1. The van der Waals surface area contributed by atoms with Gasteiger partial charge >= 0.3 is 0 Å². The fourth-order valence-electron chi connectivity index (χ4n) is 4.47. The lowest BCUT2D eigenvalue weighted by Gasteiger charge is -2.10. The van der Waals surface area contributed by atoms with Crippen molar-refractivity contribution in [2.75, 3.05) is 6.54 Å². The minimum absolute atomic E-state index is 0.168. The third-order valence-electron chi connectivity index (χ3n) is 6.44. The van der Waals surface area contributed by atoms with Gasteiger partial charge < -0.3 is 9.88 Å². The summed E-state index contributed by atoms with van der Waals surface area (Å²) in [5.74, 6) is 0.588. The highest BCUT2D eigenvalue weighted by atomic mass is 19.1. The lowest BCUT2D eigenvalue weighted by molar-refractivity contribution is 0.0953. The van der Waals surface area contributed by atoms with E-state index in [1.807, 2.05) is 6.07 Å². The monoisotopic (exact) mass is 465 g/mol. The predicted molar refractivity (Wildman–Crippen MR) is 139 cm³/mol. The molecule has 0 fully saturated rings. The third kappa shape index (κ3) is 8.27. The Kier molecular flexibility index (Phi) is 11.1. The normalized spacial score (nSPS) is 11.2. The van der Waals surface area contributed by atoms with Gasteiger partial charge in [0.15, 0.2) is 0 Å². The Bertz CT molecular complexity index is 996. The zero-order valence-corrected chi connectivity index (χ0v) is 20.7. The first-order valence-corrected chi connectivity index (χ1v) is 13.2. The molecular weight excluding hydrogens is 425 g/mol. The van der Waals surface area contributed by atoms with E-state index in [9.17, 15) is 9.18 Å². The van der Waals surface area contributed by atoms with Gasteiger partial charge in [-0.25, -0.2) is 9.37 Å². The van der Waals surface area contributed by atoms with Crippen molar-refractivity contribution in [2.24, 2.45) is 0 Å². The summed E-state index contributed by atoms with van der Waals surface area (Å²) in [7, 11) is 0. The first-order chi connectivity index (χ1) is 16.7. The van der Waals surface area contributed by atoms with Crippen molar-refractivity contribution in [3.05, 3.63) is 65.7 Å². The van der Waals surface area contributed by atoms with Crippen LogP contribution in [-0.2, 0) is 13.0 Å². The number of halogens is 1. The number of benzene rings is 2. The first-order valence-electron chi connectivity index (χ1n) is 13.2. The third-order valence-corrected chi connectivity index (χ3v) is 6.44. The zero-order valence-electron chi connectivity index (χ0n) is 20.7. The maximum Gasteiger partial charge on any atom is 0.251 e. The first kappa shape index (κ1) is 25.9. The molecule has 1 heterocycles. The molecule has 1 amide bonds. The van der Waals surface area contributed by atoms with E-state index in [1.165, 1.54) is 94.0 Å². The maximum atomic E-state index is 13.0. The van der Waals surface area contributed by atoms with Gasteiger partial charge in [0.1, 0.15) is 11.6 Å². The van der Waals surface area contributed by atoms with E-state index in [2.05, 4.69) is 35.0 Å². The van der Waals surface area contributed by atoms with Gasteiger partial charge in [-0.1, -0.05) is 76.8 Å². The standard InChI is InChI=1S/C29H40FN3O/c1-2-3-4-5-6-7-8-9-10-13-23-33-27-16-12-11-15-26(27)32-28(33)17-14-22-31-29(34)24-18-20-25(30)21-19-24/h11-12,15-16,18-21H,2-10,13-14,17,22-23H2,1H3,(H,31,34). The molecule has 0 saturated heterocycles. The van der Waals surface area contributed by atoms with Gasteiger partial charge in [-0.3, -0.25) is 4.79 Å². The minimum atomic E-state index is -0.335. The summed E-state index contributed by atoms with van der Waals surface area (Å²) in [6.45, 7) is 3.83. The number of hydrogen-bond donors (Lipinski definition) is 1. The highest BCUT2D eigenvalue weighted by Crippen LogP contribution is 2.19. The molecule has 0 bridgehead atoms. The van der Waals surface area contributed by atoms with E-state index in [1.54, 1.807) is 0 Å². The molecule has 1 aromatic heterocycles. The number of unbranched alkanes of at least 4 members (excludes halogenated alkanes) is 9. The number of hydrogen-bond acceptors (Lipinski definition) is 2. The Morgan fingerprint density at radius 2 is 1.50 bits per heavy atom. The molecule has 34 heavy (non-hydrogen) atoms. The zero-order chi connectivity index (χ0) is 24.0. The van der Waals surface area contributed by atoms with Crippen LogP contribution in [0.15, 0.2) is 48.5 Å². The number of fused-ring (bicyclic) bond motifs is 1. The number of aromatic nitrogens is 2. The van der Waals surface area contributed by atoms with E-state index >= 15 is 0 Å². The number of nitrogens with zero attached hydrogens (tertiary/aromatic N) is 2. The van der Waals surface area contributed by atoms with Crippen LogP contribution >= 0.6 is 0 Å². The van der Waals surface area contributed by atoms with Gasteiger partial charge in [0, 0.05) is 25.1 Å². The van der Waals surface area contributed by atoms with Crippen LogP contribution in [0.5, 0.6) is 0 Å². The number of carbonyl (C=O) groups excluding carboxylic acids is 1. The smallest absolute Gasteiger partial charge is 0.251 e.